The molecule has 7 heteroatoms. The smallest absolute Gasteiger partial charge is 0.255 e. The number of carbonyl (C=O) groups is 1. The van der Waals surface area contributed by atoms with Crippen molar-refractivity contribution in [2.24, 2.45) is 0 Å². The summed E-state index contributed by atoms with van der Waals surface area (Å²) in [5.74, 6) is 0.0223. The van der Waals surface area contributed by atoms with Crippen LogP contribution in [0.3, 0.4) is 0 Å². The van der Waals surface area contributed by atoms with Crippen molar-refractivity contribution in [3.8, 4) is 0 Å². The number of pyridine rings is 1. The van der Waals surface area contributed by atoms with Crippen LogP contribution in [-0.2, 0) is 9.84 Å². The summed E-state index contributed by atoms with van der Waals surface area (Å²) in [6.45, 7) is 6.54. The van der Waals surface area contributed by atoms with Crippen LogP contribution in [0.25, 0.3) is 0 Å². The lowest BCUT2D eigenvalue weighted by Gasteiger charge is -2.27. The summed E-state index contributed by atoms with van der Waals surface area (Å²) in [6, 6.07) is 1.48. The highest BCUT2D eigenvalue weighted by Gasteiger charge is 2.34. The van der Waals surface area contributed by atoms with E-state index in [-0.39, 0.29) is 23.5 Å². The molecule has 2 heterocycles. The molecule has 1 fully saturated rings. The van der Waals surface area contributed by atoms with Gasteiger partial charge >= 0.3 is 0 Å². The molecule has 1 aliphatic rings. The third-order valence-corrected chi connectivity index (χ3v) is 5.44. The molecule has 2 rings (SSSR count). The van der Waals surface area contributed by atoms with E-state index in [1.165, 1.54) is 6.20 Å². The maximum Gasteiger partial charge on any atom is 0.255 e. The van der Waals surface area contributed by atoms with Gasteiger partial charge in [0, 0.05) is 31.5 Å². The Kier molecular flexibility index (Phi) is 5.18. The number of hydrogen-bond donors (Lipinski definition) is 1. The molecule has 22 heavy (non-hydrogen) atoms. The molecular formula is C15H21N3O3S. The average molecular weight is 323 g/mol. The molecule has 1 aromatic heterocycles. The quantitative estimate of drug-likeness (QED) is 0.799. The normalized spacial score (nSPS) is 19.6. The van der Waals surface area contributed by atoms with Crippen molar-refractivity contribution in [3.63, 3.8) is 0 Å². The Labute approximate surface area is 131 Å². The van der Waals surface area contributed by atoms with Gasteiger partial charge < -0.3 is 10.2 Å². The number of nitrogens with one attached hydrogen (secondary N) is 1. The maximum absolute atomic E-state index is 12.6. The fraction of sp³-hybridized carbons (Fsp3) is 0.467. The third-order valence-electron chi connectivity index (χ3n) is 3.69. The summed E-state index contributed by atoms with van der Waals surface area (Å²) in [6.07, 6.45) is 5.37. The molecule has 1 atom stereocenters. The van der Waals surface area contributed by atoms with E-state index in [1.807, 2.05) is 6.92 Å². The van der Waals surface area contributed by atoms with Crippen LogP contribution in [0, 0.1) is 0 Å². The predicted octanol–water partition coefficient (Wildman–Crippen LogP) is 1.33. The standard InChI is InChI=1S/C15H21N3O3S/c1-3-6-17-13-8-12(9-16-10-13)15(19)18(4-2)14-5-7-22(20,21)11-14/h3,8-10,14,17H,1,4-7,11H2,2H3. The first kappa shape index (κ1) is 16.5. The van der Waals surface area contributed by atoms with E-state index >= 15 is 0 Å². The molecule has 1 N–H and O–H groups in total. The minimum absolute atomic E-state index is 0.0500. The lowest BCUT2D eigenvalue weighted by molar-refractivity contribution is 0.0708. The number of rotatable bonds is 6. The molecule has 6 nitrogen and oxygen atoms in total. The lowest BCUT2D eigenvalue weighted by Crippen LogP contribution is -2.41. The number of anilines is 1. The first-order valence-corrected chi connectivity index (χ1v) is 9.10. The Balaban J connectivity index is 2.16. The van der Waals surface area contributed by atoms with Crippen LogP contribution in [0.15, 0.2) is 31.1 Å². The molecule has 120 valence electrons. The fourth-order valence-corrected chi connectivity index (χ4v) is 4.33. The summed E-state index contributed by atoms with van der Waals surface area (Å²) in [5.41, 5.74) is 1.20. The zero-order chi connectivity index (χ0) is 16.2. The number of carbonyl (C=O) groups excluding carboxylic acids is 1. The Morgan fingerprint density at radius 3 is 2.91 bits per heavy atom. The number of amides is 1. The van der Waals surface area contributed by atoms with Crippen molar-refractivity contribution in [3.05, 3.63) is 36.7 Å². The number of nitrogens with zero attached hydrogens (tertiary/aromatic N) is 2. The van der Waals surface area contributed by atoms with Crippen LogP contribution in [0.2, 0.25) is 0 Å². The highest BCUT2D eigenvalue weighted by atomic mass is 32.2. The summed E-state index contributed by atoms with van der Waals surface area (Å²) in [4.78, 5) is 18.3. The van der Waals surface area contributed by atoms with Gasteiger partial charge in [-0.3, -0.25) is 9.78 Å². The maximum atomic E-state index is 12.6. The molecule has 0 aliphatic carbocycles. The molecule has 0 bridgehead atoms. The predicted molar refractivity (Wildman–Crippen MR) is 86.7 cm³/mol. The average Bonchev–Trinajstić information content (AvgIpc) is 2.86. The van der Waals surface area contributed by atoms with Crippen molar-refractivity contribution >= 4 is 21.4 Å². The van der Waals surface area contributed by atoms with Crippen LogP contribution < -0.4 is 5.32 Å². The van der Waals surface area contributed by atoms with Gasteiger partial charge in [0.15, 0.2) is 9.84 Å². The minimum Gasteiger partial charge on any atom is -0.380 e. The van der Waals surface area contributed by atoms with Crippen LogP contribution in [0.5, 0.6) is 0 Å². The number of aromatic nitrogens is 1. The Hall–Kier alpha value is -1.89. The van der Waals surface area contributed by atoms with Gasteiger partial charge in [0.2, 0.25) is 0 Å². The zero-order valence-electron chi connectivity index (χ0n) is 12.7. The molecular weight excluding hydrogens is 302 g/mol. The second kappa shape index (κ2) is 6.91. The first-order chi connectivity index (χ1) is 10.5. The van der Waals surface area contributed by atoms with Crippen molar-refractivity contribution in [1.82, 2.24) is 9.88 Å². The van der Waals surface area contributed by atoms with E-state index in [0.717, 1.165) is 5.69 Å². The SMILES string of the molecule is C=CCNc1cncc(C(=O)N(CC)C2CCS(=O)(=O)C2)c1. The summed E-state index contributed by atoms with van der Waals surface area (Å²) < 4.78 is 23.2. The van der Waals surface area contributed by atoms with Crippen molar-refractivity contribution in [2.45, 2.75) is 19.4 Å². The number of sulfone groups is 1. The zero-order valence-corrected chi connectivity index (χ0v) is 13.5. The minimum atomic E-state index is -3.02. The van der Waals surface area contributed by atoms with E-state index in [9.17, 15) is 13.2 Å². The van der Waals surface area contributed by atoms with E-state index in [2.05, 4.69) is 16.9 Å². The largest absolute Gasteiger partial charge is 0.380 e. The molecule has 0 aromatic carbocycles. The molecule has 0 spiro atoms. The topological polar surface area (TPSA) is 79.4 Å². The fourth-order valence-electron chi connectivity index (χ4n) is 2.60. The monoisotopic (exact) mass is 323 g/mol. The van der Waals surface area contributed by atoms with E-state index in [1.54, 1.807) is 23.2 Å². The van der Waals surface area contributed by atoms with Crippen molar-refractivity contribution < 1.29 is 13.2 Å². The van der Waals surface area contributed by atoms with Gasteiger partial charge in [-0.05, 0) is 19.4 Å². The third kappa shape index (κ3) is 3.85. The van der Waals surface area contributed by atoms with Crippen LogP contribution in [0.1, 0.15) is 23.7 Å². The van der Waals surface area contributed by atoms with E-state index in [0.29, 0.717) is 25.1 Å². The van der Waals surface area contributed by atoms with Gasteiger partial charge in [0.25, 0.3) is 5.91 Å². The Bertz CT molecular complexity index is 658. The molecule has 0 saturated carbocycles. The van der Waals surface area contributed by atoms with Crippen LogP contribution in [0.4, 0.5) is 5.69 Å². The van der Waals surface area contributed by atoms with Crippen molar-refractivity contribution in [1.29, 1.82) is 0 Å². The molecule has 1 aromatic rings. The van der Waals surface area contributed by atoms with Gasteiger partial charge in [0.05, 0.1) is 22.8 Å². The highest BCUT2D eigenvalue weighted by Crippen LogP contribution is 2.20. The summed E-state index contributed by atoms with van der Waals surface area (Å²) in [7, 11) is -3.02. The summed E-state index contributed by atoms with van der Waals surface area (Å²) in [5, 5.41) is 3.08. The first-order valence-electron chi connectivity index (χ1n) is 7.28. The molecule has 1 saturated heterocycles. The Morgan fingerprint density at radius 2 is 2.32 bits per heavy atom. The highest BCUT2D eigenvalue weighted by molar-refractivity contribution is 7.91. The van der Waals surface area contributed by atoms with Crippen molar-refractivity contribution in [2.75, 3.05) is 29.9 Å². The lowest BCUT2D eigenvalue weighted by atomic mass is 10.1. The molecule has 1 unspecified atom stereocenters. The Morgan fingerprint density at radius 1 is 1.55 bits per heavy atom. The second-order valence-electron chi connectivity index (χ2n) is 5.28. The van der Waals surface area contributed by atoms with Gasteiger partial charge in [0.1, 0.15) is 0 Å². The van der Waals surface area contributed by atoms with E-state index in [4.69, 9.17) is 0 Å². The van der Waals surface area contributed by atoms with Crippen LogP contribution >= 0.6 is 0 Å². The molecule has 1 aliphatic heterocycles. The summed E-state index contributed by atoms with van der Waals surface area (Å²) >= 11 is 0. The molecule has 1 amide bonds. The second-order valence-corrected chi connectivity index (χ2v) is 7.51. The van der Waals surface area contributed by atoms with Gasteiger partial charge in [-0.2, -0.15) is 0 Å². The van der Waals surface area contributed by atoms with Gasteiger partial charge in [-0.1, -0.05) is 6.08 Å². The number of hydrogen-bond acceptors (Lipinski definition) is 5. The molecule has 0 radical (unpaired) electrons. The van der Waals surface area contributed by atoms with E-state index < -0.39 is 9.84 Å². The van der Waals surface area contributed by atoms with Gasteiger partial charge in [-0.25, -0.2) is 8.42 Å². The van der Waals surface area contributed by atoms with Crippen LogP contribution in [-0.4, -0.2) is 54.8 Å². The van der Waals surface area contributed by atoms with Gasteiger partial charge in [-0.15, -0.1) is 6.58 Å².